The van der Waals surface area contributed by atoms with E-state index in [2.05, 4.69) is 23.9 Å². The average molecular weight is 375 g/mol. The fourth-order valence-corrected chi connectivity index (χ4v) is 5.54. The van der Waals surface area contributed by atoms with Gasteiger partial charge in [-0.25, -0.2) is 9.37 Å². The molecular weight excluding hydrogens is 351 g/mol. The molecule has 0 unspecified atom stereocenters. The van der Waals surface area contributed by atoms with Crippen molar-refractivity contribution in [3.05, 3.63) is 46.3 Å². The standard InChI is InChI=1S/C19H23FN4OS/c1-11-8-12(2)10-23(9-11)16(14-6-4-5-7-15(14)20)17-18(25)24-19(26-17)21-13(3)22-24/h4-7,11-12,16,25H,8-10H2,1-3H3/p+1/t11-,12-,16-/m0/s1. The molecule has 2 N–H and O–H groups in total. The molecule has 0 bridgehead atoms. The maximum absolute atomic E-state index is 14.7. The summed E-state index contributed by atoms with van der Waals surface area (Å²) in [7, 11) is 0. The topological polar surface area (TPSA) is 54.9 Å². The van der Waals surface area contributed by atoms with E-state index in [-0.39, 0.29) is 17.7 Å². The molecule has 4 rings (SSSR count). The van der Waals surface area contributed by atoms with Gasteiger partial charge < -0.3 is 10.0 Å². The molecule has 3 atom stereocenters. The number of likely N-dealkylation sites (tertiary alicyclic amines) is 1. The fourth-order valence-electron chi connectivity index (χ4n) is 4.36. The van der Waals surface area contributed by atoms with Gasteiger partial charge in [-0.05, 0) is 25.5 Å². The number of aryl methyl sites for hydroxylation is 1. The van der Waals surface area contributed by atoms with E-state index >= 15 is 0 Å². The van der Waals surface area contributed by atoms with Gasteiger partial charge in [0.05, 0.1) is 18.7 Å². The minimum absolute atomic E-state index is 0.0808. The van der Waals surface area contributed by atoms with Crippen LogP contribution in [0.1, 0.15) is 42.6 Å². The first-order valence-electron chi connectivity index (χ1n) is 9.08. The Kier molecular flexibility index (Phi) is 4.44. The number of thiazole rings is 1. The van der Waals surface area contributed by atoms with E-state index in [1.807, 2.05) is 12.1 Å². The van der Waals surface area contributed by atoms with Gasteiger partial charge in [-0.15, -0.1) is 5.10 Å². The van der Waals surface area contributed by atoms with E-state index in [4.69, 9.17) is 0 Å². The summed E-state index contributed by atoms with van der Waals surface area (Å²) in [6.45, 7) is 8.21. The van der Waals surface area contributed by atoms with Gasteiger partial charge in [0.15, 0.2) is 6.04 Å². The number of benzene rings is 1. The number of quaternary nitrogens is 1. The molecule has 138 valence electrons. The largest absolute Gasteiger partial charge is 0.492 e. The lowest BCUT2D eigenvalue weighted by atomic mass is 9.89. The maximum Gasteiger partial charge on any atom is 0.235 e. The zero-order chi connectivity index (χ0) is 18.4. The molecule has 2 aromatic heterocycles. The van der Waals surface area contributed by atoms with Crippen LogP contribution < -0.4 is 4.90 Å². The van der Waals surface area contributed by atoms with Crippen molar-refractivity contribution in [2.45, 2.75) is 33.2 Å². The second kappa shape index (κ2) is 6.63. The first-order chi connectivity index (χ1) is 12.4. The normalized spacial score (nSPS) is 24.8. The van der Waals surface area contributed by atoms with Crippen molar-refractivity contribution >= 4 is 16.3 Å². The van der Waals surface area contributed by atoms with Crippen LogP contribution in [0.15, 0.2) is 24.3 Å². The van der Waals surface area contributed by atoms with Crippen molar-refractivity contribution in [1.82, 2.24) is 14.6 Å². The summed E-state index contributed by atoms with van der Waals surface area (Å²) < 4.78 is 16.2. The monoisotopic (exact) mass is 375 g/mol. The molecule has 3 aromatic rings. The Hall–Kier alpha value is -1.99. The molecule has 0 aliphatic carbocycles. The highest BCUT2D eigenvalue weighted by atomic mass is 32.1. The predicted molar refractivity (Wildman–Crippen MR) is 99.2 cm³/mol. The van der Waals surface area contributed by atoms with Crippen LogP contribution >= 0.6 is 11.3 Å². The van der Waals surface area contributed by atoms with Crippen LogP contribution in [0.5, 0.6) is 5.88 Å². The van der Waals surface area contributed by atoms with Crippen molar-refractivity contribution < 1.29 is 14.4 Å². The van der Waals surface area contributed by atoms with Crippen LogP contribution in [0.2, 0.25) is 0 Å². The third-order valence-electron chi connectivity index (χ3n) is 5.22. The van der Waals surface area contributed by atoms with Crippen molar-refractivity contribution in [1.29, 1.82) is 0 Å². The van der Waals surface area contributed by atoms with Crippen molar-refractivity contribution in [3.63, 3.8) is 0 Å². The van der Waals surface area contributed by atoms with Crippen molar-refractivity contribution in [3.8, 4) is 5.88 Å². The summed E-state index contributed by atoms with van der Waals surface area (Å²) in [5.41, 5.74) is 0.625. The van der Waals surface area contributed by atoms with Crippen molar-refractivity contribution in [2.24, 2.45) is 11.8 Å². The molecule has 26 heavy (non-hydrogen) atoms. The lowest BCUT2D eigenvalue weighted by Gasteiger charge is -2.37. The Morgan fingerprint density at radius 2 is 1.96 bits per heavy atom. The molecule has 5 nitrogen and oxygen atoms in total. The molecule has 3 heterocycles. The fraction of sp³-hybridized carbons (Fsp3) is 0.474. The van der Waals surface area contributed by atoms with E-state index in [0.29, 0.717) is 28.2 Å². The van der Waals surface area contributed by atoms with Gasteiger partial charge in [0.1, 0.15) is 16.5 Å². The molecule has 1 saturated heterocycles. The van der Waals surface area contributed by atoms with Crippen LogP contribution in [-0.4, -0.2) is 32.8 Å². The molecule has 1 aromatic carbocycles. The highest BCUT2D eigenvalue weighted by Crippen LogP contribution is 2.36. The number of hydrogen-bond acceptors (Lipinski definition) is 4. The molecule has 7 heteroatoms. The van der Waals surface area contributed by atoms with Gasteiger partial charge in [0.25, 0.3) is 0 Å². The average Bonchev–Trinajstić information content (AvgIpc) is 3.07. The summed E-state index contributed by atoms with van der Waals surface area (Å²) in [5, 5.41) is 15.1. The number of hydrogen-bond donors (Lipinski definition) is 2. The third kappa shape index (κ3) is 2.99. The Bertz CT molecular complexity index is 927. The lowest BCUT2D eigenvalue weighted by molar-refractivity contribution is -0.937. The lowest BCUT2D eigenvalue weighted by Crippen LogP contribution is -3.14. The number of nitrogens with one attached hydrogen (secondary N) is 1. The first kappa shape index (κ1) is 17.4. The predicted octanol–water partition coefficient (Wildman–Crippen LogP) is 2.59. The number of fused-ring (bicyclic) bond motifs is 1. The molecular formula is C19H24FN4OS+. The van der Waals surface area contributed by atoms with Gasteiger partial charge in [-0.3, -0.25) is 0 Å². The molecule has 0 spiro atoms. The number of rotatable bonds is 3. The first-order valence-corrected chi connectivity index (χ1v) is 9.89. The van der Waals surface area contributed by atoms with E-state index in [9.17, 15) is 9.50 Å². The second-order valence-electron chi connectivity index (χ2n) is 7.61. The van der Waals surface area contributed by atoms with Gasteiger partial charge in [-0.2, -0.15) is 4.52 Å². The Balaban J connectivity index is 1.85. The number of halogens is 1. The summed E-state index contributed by atoms with van der Waals surface area (Å²) in [5.74, 6) is 1.60. The number of piperidine rings is 1. The van der Waals surface area contributed by atoms with Gasteiger partial charge in [-0.1, -0.05) is 37.3 Å². The Morgan fingerprint density at radius 3 is 2.62 bits per heavy atom. The van der Waals surface area contributed by atoms with E-state index in [1.165, 1.54) is 33.2 Å². The van der Waals surface area contributed by atoms with E-state index in [1.54, 1.807) is 13.0 Å². The van der Waals surface area contributed by atoms with Crippen LogP contribution in [0, 0.1) is 24.6 Å². The summed E-state index contributed by atoms with van der Waals surface area (Å²) >= 11 is 1.40. The Morgan fingerprint density at radius 1 is 1.27 bits per heavy atom. The zero-order valence-corrected chi connectivity index (χ0v) is 16.1. The quantitative estimate of drug-likeness (QED) is 0.740. The SMILES string of the molecule is Cc1nc2sc([C@H](c3ccccc3F)[NH+]3C[C@@H](C)C[C@H](C)C3)c(O)n2n1. The summed E-state index contributed by atoms with van der Waals surface area (Å²) in [6.07, 6.45) is 1.19. The van der Waals surface area contributed by atoms with Gasteiger partial charge in [0, 0.05) is 11.8 Å². The summed E-state index contributed by atoms with van der Waals surface area (Å²) in [6, 6.07) is 6.64. The van der Waals surface area contributed by atoms with Gasteiger partial charge in [0.2, 0.25) is 10.8 Å². The molecule has 0 radical (unpaired) electrons. The van der Waals surface area contributed by atoms with Crippen LogP contribution in [0.4, 0.5) is 4.39 Å². The smallest absolute Gasteiger partial charge is 0.235 e. The van der Waals surface area contributed by atoms with Crippen molar-refractivity contribution in [2.75, 3.05) is 13.1 Å². The second-order valence-corrected chi connectivity index (χ2v) is 8.62. The van der Waals surface area contributed by atoms with E-state index in [0.717, 1.165) is 18.0 Å². The molecule has 0 saturated carbocycles. The molecule has 1 fully saturated rings. The number of aromatic hydroxyl groups is 1. The molecule has 0 amide bonds. The van der Waals surface area contributed by atoms with E-state index < -0.39 is 0 Å². The minimum atomic E-state index is -0.254. The van der Waals surface area contributed by atoms with Crippen LogP contribution in [0.25, 0.3) is 4.96 Å². The van der Waals surface area contributed by atoms with Crippen LogP contribution in [-0.2, 0) is 0 Å². The molecule has 1 aliphatic rings. The highest BCUT2D eigenvalue weighted by molar-refractivity contribution is 7.17. The Labute approximate surface area is 156 Å². The maximum atomic E-state index is 14.7. The third-order valence-corrected chi connectivity index (χ3v) is 6.30. The summed E-state index contributed by atoms with van der Waals surface area (Å²) in [4.78, 5) is 7.05. The number of nitrogens with zero attached hydrogens (tertiary/aromatic N) is 3. The van der Waals surface area contributed by atoms with Gasteiger partial charge >= 0.3 is 0 Å². The zero-order valence-electron chi connectivity index (χ0n) is 15.2. The molecule has 1 aliphatic heterocycles. The number of aromatic nitrogens is 3. The van der Waals surface area contributed by atoms with Crippen LogP contribution in [0.3, 0.4) is 0 Å². The minimum Gasteiger partial charge on any atom is -0.492 e. The highest BCUT2D eigenvalue weighted by Gasteiger charge is 2.38.